The Bertz CT molecular complexity index is 393. The second-order valence-electron chi connectivity index (χ2n) is 6.51. The summed E-state index contributed by atoms with van der Waals surface area (Å²) in [5.41, 5.74) is 1.66. The molecule has 1 atom stereocenters. The molecule has 19 heavy (non-hydrogen) atoms. The molecule has 2 aliphatic rings. The monoisotopic (exact) mass is 277 g/mol. The summed E-state index contributed by atoms with van der Waals surface area (Å²) in [5.74, 6) is 1.82. The molecule has 0 bridgehead atoms. The lowest BCUT2D eigenvalue weighted by Crippen LogP contribution is -2.30. The van der Waals surface area contributed by atoms with Gasteiger partial charge >= 0.3 is 0 Å². The summed E-state index contributed by atoms with van der Waals surface area (Å²) in [6, 6.07) is 3.16. The maximum absolute atomic E-state index is 3.78. The molecule has 1 N–H and O–H groups in total. The molecule has 1 fully saturated rings. The Labute approximate surface area is 121 Å². The van der Waals surface area contributed by atoms with Crippen molar-refractivity contribution in [1.29, 1.82) is 0 Å². The van der Waals surface area contributed by atoms with Crippen LogP contribution in [0.4, 0.5) is 0 Å². The highest BCUT2D eigenvalue weighted by atomic mass is 32.1. The van der Waals surface area contributed by atoms with Gasteiger partial charge in [-0.1, -0.05) is 26.7 Å². The third kappa shape index (κ3) is 2.90. The lowest BCUT2D eigenvalue weighted by Gasteiger charge is -2.32. The first-order valence-electron chi connectivity index (χ1n) is 8.12. The summed E-state index contributed by atoms with van der Waals surface area (Å²) >= 11 is 2.10. The first kappa shape index (κ1) is 13.6. The van der Waals surface area contributed by atoms with Gasteiger partial charge in [0.15, 0.2) is 0 Å². The molecule has 2 heteroatoms. The van der Waals surface area contributed by atoms with Crippen molar-refractivity contribution in [2.75, 3.05) is 6.54 Å². The van der Waals surface area contributed by atoms with Crippen LogP contribution in [0.25, 0.3) is 0 Å². The summed E-state index contributed by atoms with van der Waals surface area (Å²) in [6.07, 6.45) is 9.74. The predicted molar refractivity (Wildman–Crippen MR) is 83.9 cm³/mol. The standard InChI is InChI=1S/C17H27NS/c1-3-18-17(13-9-7-12(2)8-10-13)16-11-14-5-4-6-15(14)19-16/h11-13,17-18H,3-10H2,1-2H3. The molecule has 1 unspecified atom stereocenters. The quantitative estimate of drug-likeness (QED) is 0.840. The molecule has 1 aromatic rings. The van der Waals surface area contributed by atoms with E-state index < -0.39 is 0 Å². The topological polar surface area (TPSA) is 12.0 Å². The Kier molecular flexibility index (Phi) is 4.28. The Morgan fingerprint density at radius 3 is 2.74 bits per heavy atom. The molecular formula is C17H27NS. The van der Waals surface area contributed by atoms with Gasteiger partial charge < -0.3 is 5.32 Å². The maximum Gasteiger partial charge on any atom is 0.0443 e. The van der Waals surface area contributed by atoms with E-state index in [0.717, 1.165) is 18.4 Å². The van der Waals surface area contributed by atoms with E-state index in [9.17, 15) is 0 Å². The van der Waals surface area contributed by atoms with Gasteiger partial charge in [-0.3, -0.25) is 0 Å². The lowest BCUT2D eigenvalue weighted by molar-refractivity contribution is 0.235. The number of aryl methyl sites for hydroxylation is 2. The summed E-state index contributed by atoms with van der Waals surface area (Å²) in [4.78, 5) is 3.31. The van der Waals surface area contributed by atoms with Crippen LogP contribution >= 0.6 is 11.3 Å². The minimum absolute atomic E-state index is 0.632. The molecule has 0 radical (unpaired) electrons. The van der Waals surface area contributed by atoms with E-state index in [2.05, 4.69) is 36.6 Å². The number of rotatable bonds is 4. The van der Waals surface area contributed by atoms with Gasteiger partial charge in [0, 0.05) is 15.8 Å². The van der Waals surface area contributed by atoms with Crippen LogP contribution in [0.1, 0.15) is 67.3 Å². The zero-order chi connectivity index (χ0) is 13.2. The SMILES string of the molecule is CCNC(c1cc2c(s1)CCC2)C1CCC(C)CC1. The van der Waals surface area contributed by atoms with Crippen LogP contribution in [-0.2, 0) is 12.8 Å². The molecule has 1 aromatic heterocycles. The molecule has 0 aliphatic heterocycles. The fourth-order valence-corrected chi connectivity index (χ4v) is 5.27. The average Bonchev–Trinajstić information content (AvgIpc) is 2.98. The van der Waals surface area contributed by atoms with Crippen molar-refractivity contribution in [1.82, 2.24) is 5.32 Å². The molecule has 0 aromatic carbocycles. The first-order valence-corrected chi connectivity index (χ1v) is 8.94. The van der Waals surface area contributed by atoms with Gasteiger partial charge in [-0.25, -0.2) is 0 Å². The third-order valence-corrected chi connectivity index (χ3v) is 6.35. The number of thiophene rings is 1. The van der Waals surface area contributed by atoms with Gasteiger partial charge in [-0.05, 0) is 62.1 Å². The molecule has 1 heterocycles. The zero-order valence-corrected chi connectivity index (χ0v) is 13.2. The van der Waals surface area contributed by atoms with Gasteiger partial charge in [0.1, 0.15) is 0 Å². The summed E-state index contributed by atoms with van der Waals surface area (Å²) < 4.78 is 0. The van der Waals surface area contributed by atoms with Crippen molar-refractivity contribution in [3.05, 3.63) is 21.4 Å². The summed E-state index contributed by atoms with van der Waals surface area (Å²) in [7, 11) is 0. The Morgan fingerprint density at radius 1 is 1.26 bits per heavy atom. The zero-order valence-electron chi connectivity index (χ0n) is 12.4. The van der Waals surface area contributed by atoms with Crippen molar-refractivity contribution in [2.24, 2.45) is 11.8 Å². The normalized spacial score (nSPS) is 28.3. The fraction of sp³-hybridized carbons (Fsp3) is 0.765. The van der Waals surface area contributed by atoms with Gasteiger partial charge in [-0.2, -0.15) is 0 Å². The van der Waals surface area contributed by atoms with E-state index in [1.807, 2.05) is 0 Å². The maximum atomic E-state index is 3.78. The molecule has 1 saturated carbocycles. The molecule has 0 saturated heterocycles. The number of fused-ring (bicyclic) bond motifs is 1. The average molecular weight is 277 g/mol. The minimum atomic E-state index is 0.632. The van der Waals surface area contributed by atoms with Crippen molar-refractivity contribution in [3.63, 3.8) is 0 Å². The highest BCUT2D eigenvalue weighted by Gasteiger charge is 2.29. The van der Waals surface area contributed by atoms with Crippen LogP contribution < -0.4 is 5.32 Å². The van der Waals surface area contributed by atoms with E-state index in [0.29, 0.717) is 6.04 Å². The Balaban J connectivity index is 1.75. The van der Waals surface area contributed by atoms with E-state index in [-0.39, 0.29) is 0 Å². The lowest BCUT2D eigenvalue weighted by atomic mass is 9.79. The fourth-order valence-electron chi connectivity index (χ4n) is 3.84. The van der Waals surface area contributed by atoms with Gasteiger partial charge in [0.25, 0.3) is 0 Å². The van der Waals surface area contributed by atoms with Crippen LogP contribution in [0.15, 0.2) is 6.07 Å². The van der Waals surface area contributed by atoms with Crippen LogP contribution in [0.5, 0.6) is 0 Å². The van der Waals surface area contributed by atoms with E-state index in [1.165, 1.54) is 44.9 Å². The highest BCUT2D eigenvalue weighted by molar-refractivity contribution is 7.12. The molecule has 2 aliphatic carbocycles. The van der Waals surface area contributed by atoms with Crippen molar-refractivity contribution in [2.45, 2.75) is 64.8 Å². The summed E-state index contributed by atoms with van der Waals surface area (Å²) in [5, 5.41) is 3.78. The van der Waals surface area contributed by atoms with Crippen molar-refractivity contribution in [3.8, 4) is 0 Å². The second kappa shape index (κ2) is 5.97. The van der Waals surface area contributed by atoms with Crippen LogP contribution in [0.2, 0.25) is 0 Å². The third-order valence-electron chi connectivity index (χ3n) is 5.03. The number of hydrogen-bond acceptors (Lipinski definition) is 2. The number of hydrogen-bond donors (Lipinski definition) is 1. The second-order valence-corrected chi connectivity index (χ2v) is 7.67. The molecule has 3 rings (SSSR count). The van der Waals surface area contributed by atoms with Gasteiger partial charge in [0.05, 0.1) is 0 Å². The van der Waals surface area contributed by atoms with E-state index in [4.69, 9.17) is 0 Å². The predicted octanol–water partition coefficient (Wildman–Crippen LogP) is 4.71. The van der Waals surface area contributed by atoms with Gasteiger partial charge in [-0.15, -0.1) is 11.3 Å². The van der Waals surface area contributed by atoms with Crippen molar-refractivity contribution >= 4 is 11.3 Å². The van der Waals surface area contributed by atoms with E-state index in [1.54, 1.807) is 15.3 Å². The van der Waals surface area contributed by atoms with Crippen molar-refractivity contribution < 1.29 is 0 Å². The Hall–Kier alpha value is -0.340. The molecule has 0 spiro atoms. The summed E-state index contributed by atoms with van der Waals surface area (Å²) in [6.45, 7) is 5.76. The smallest absolute Gasteiger partial charge is 0.0443 e. The van der Waals surface area contributed by atoms with E-state index >= 15 is 0 Å². The van der Waals surface area contributed by atoms with Crippen LogP contribution in [0, 0.1) is 11.8 Å². The minimum Gasteiger partial charge on any atom is -0.309 e. The van der Waals surface area contributed by atoms with Crippen LogP contribution in [0.3, 0.4) is 0 Å². The number of nitrogens with one attached hydrogen (secondary N) is 1. The largest absolute Gasteiger partial charge is 0.309 e. The molecule has 1 nitrogen and oxygen atoms in total. The highest BCUT2D eigenvalue weighted by Crippen LogP contribution is 2.41. The molecule has 106 valence electrons. The Morgan fingerprint density at radius 2 is 2.05 bits per heavy atom. The molecule has 0 amide bonds. The van der Waals surface area contributed by atoms with Gasteiger partial charge in [0.2, 0.25) is 0 Å². The van der Waals surface area contributed by atoms with Crippen LogP contribution in [-0.4, -0.2) is 6.54 Å². The first-order chi connectivity index (χ1) is 9.28. The molecular weight excluding hydrogens is 250 g/mol.